The standard InChI is InChI=1S/C25H47P2.C5H5.Ni/c1-5-9-13-20-26(21-14-10-6-2)24-18-17-19-25(24)27(22-15-11-7-3)23-16-12-8-4;1-2-4-5-3-1;/h17-19H,5-16,20-23H2,1-4H3;1-5H;. The van der Waals surface area contributed by atoms with Gasteiger partial charge in [-0.05, 0) is 0 Å². The number of fused-ring (bicyclic) bond motifs is 10. The van der Waals surface area contributed by atoms with E-state index < -0.39 is 6.23 Å². The Morgan fingerprint density at radius 1 is 0.455 bits per heavy atom. The maximum atomic E-state index is 2.45. The van der Waals surface area contributed by atoms with Crippen LogP contribution in [-0.4, -0.2) is 32.9 Å². The summed E-state index contributed by atoms with van der Waals surface area (Å²) in [4.78, 5) is 12.2. The summed E-state index contributed by atoms with van der Waals surface area (Å²) in [5.41, 5.74) is 0. The van der Waals surface area contributed by atoms with Crippen LogP contribution in [0.5, 0.6) is 0 Å². The number of unbranched alkanes of at least 4 members (excludes halogenated alkanes) is 8. The molecule has 1 spiro atoms. The fourth-order valence-electron chi connectivity index (χ4n) is 19.2. The number of rotatable bonds is 18. The Morgan fingerprint density at radius 2 is 0.758 bits per heavy atom. The summed E-state index contributed by atoms with van der Waals surface area (Å²) in [6.45, 7) is 9.80. The Morgan fingerprint density at radius 3 is 0.970 bits per heavy atom. The molecule has 0 saturated carbocycles. The molecule has 3 heteroatoms. The van der Waals surface area contributed by atoms with E-state index in [0.29, 0.717) is 15.8 Å². The van der Waals surface area contributed by atoms with Crippen LogP contribution < -0.4 is 0 Å². The van der Waals surface area contributed by atoms with Gasteiger partial charge in [0.25, 0.3) is 0 Å². The molecule has 0 bridgehead atoms. The minimum absolute atomic E-state index is 0.391. The van der Waals surface area contributed by atoms with Crippen LogP contribution in [0.1, 0.15) is 105 Å². The van der Waals surface area contributed by atoms with Crippen LogP contribution in [0.2, 0.25) is 39.1 Å². The average Bonchev–Trinajstić information content (AvgIpc) is 3.76. The van der Waals surface area contributed by atoms with Crippen molar-refractivity contribution in [2.75, 3.05) is 24.6 Å². The molecule has 10 fully saturated rings. The molecule has 0 nitrogen and oxygen atoms in total. The van der Waals surface area contributed by atoms with E-state index in [1.807, 2.05) is 0 Å². The van der Waals surface area contributed by atoms with Gasteiger partial charge in [-0.15, -0.1) is 0 Å². The van der Waals surface area contributed by atoms with Crippen LogP contribution in [0.15, 0.2) is 0 Å². The average molecular weight is 533 g/mol. The molecule has 10 aliphatic rings. The Kier molecular flexibility index (Phi) is 1.98. The summed E-state index contributed by atoms with van der Waals surface area (Å²) in [5, 5.41) is 0. The van der Waals surface area contributed by atoms with E-state index in [0.717, 1.165) is 0 Å². The number of hydrogen-bond acceptors (Lipinski definition) is 0. The van der Waals surface area contributed by atoms with Crippen LogP contribution in [-0.2, 0) is 6.23 Å². The molecule has 10 aliphatic heterocycles. The molecule has 0 aliphatic carbocycles. The minimum atomic E-state index is -3.02. The van der Waals surface area contributed by atoms with Gasteiger partial charge in [0.1, 0.15) is 0 Å². The van der Waals surface area contributed by atoms with Gasteiger partial charge in [-0.2, -0.15) is 0 Å². The predicted molar refractivity (Wildman–Crippen MR) is 147 cm³/mol. The molecule has 4 atom stereocenters. The number of hydrogen-bond donors (Lipinski definition) is 0. The monoisotopic (exact) mass is 532 g/mol. The molecule has 0 aromatic heterocycles. The quantitative estimate of drug-likeness (QED) is 0.0934. The van der Waals surface area contributed by atoms with Crippen LogP contribution in [0.3, 0.4) is 0 Å². The molecule has 0 aromatic carbocycles. The van der Waals surface area contributed by atoms with Crippen molar-refractivity contribution in [3.63, 3.8) is 0 Å². The second kappa shape index (κ2) is 3.21. The summed E-state index contributed by atoms with van der Waals surface area (Å²) in [6.07, 6.45) is 22.4. The van der Waals surface area contributed by atoms with Crippen LogP contribution in [0, 0.1) is 0 Å². The molecular formula is C30H52NiP2. The van der Waals surface area contributed by atoms with Gasteiger partial charge in [0.2, 0.25) is 0 Å². The first kappa shape index (κ1) is 20.3. The van der Waals surface area contributed by atoms with Gasteiger partial charge in [0.15, 0.2) is 0 Å². The second-order valence-corrected chi connectivity index (χ2v) is 42.5. The predicted octanol–water partition coefficient (Wildman–Crippen LogP) is 10.9. The van der Waals surface area contributed by atoms with Crippen molar-refractivity contribution in [1.29, 1.82) is 0 Å². The Bertz CT molecular complexity index is 1140. The van der Waals surface area contributed by atoms with Gasteiger partial charge in [0.05, 0.1) is 0 Å². The van der Waals surface area contributed by atoms with Crippen molar-refractivity contribution >= 4 is 15.8 Å². The van der Waals surface area contributed by atoms with Gasteiger partial charge >= 0.3 is 199 Å². The van der Waals surface area contributed by atoms with Crippen molar-refractivity contribution in [1.82, 2.24) is 0 Å². The van der Waals surface area contributed by atoms with Crippen molar-refractivity contribution < 1.29 is 6.23 Å². The summed E-state index contributed by atoms with van der Waals surface area (Å²) in [5.74, 6) is 0. The van der Waals surface area contributed by atoms with E-state index in [9.17, 15) is 0 Å². The first-order chi connectivity index (χ1) is 16.0. The van der Waals surface area contributed by atoms with Gasteiger partial charge < -0.3 is 0 Å². The Balaban J connectivity index is 1.10. The van der Waals surface area contributed by atoms with Crippen molar-refractivity contribution in [3.8, 4) is 0 Å². The summed E-state index contributed by atoms with van der Waals surface area (Å²) >= 11 is 0. The Hall–Kier alpha value is 1.35. The van der Waals surface area contributed by atoms with Crippen LogP contribution >= 0.6 is 15.8 Å². The summed E-state index contributed by atoms with van der Waals surface area (Å²) in [6, 6.07) is 0. The van der Waals surface area contributed by atoms with E-state index in [2.05, 4.69) is 27.7 Å². The molecule has 10 saturated heterocycles. The fraction of sp³-hybridized carbons (Fsp3) is 1.00. The molecule has 4 unspecified atom stereocenters. The van der Waals surface area contributed by atoms with Crippen molar-refractivity contribution in [2.45, 2.75) is 152 Å². The van der Waals surface area contributed by atoms with Gasteiger partial charge in [-0.25, -0.2) is 0 Å². The molecule has 10 rings (SSSR count). The van der Waals surface area contributed by atoms with E-state index in [-0.39, 0.29) is 0 Å². The van der Waals surface area contributed by atoms with E-state index in [1.165, 1.54) is 73.0 Å². The molecule has 33 heavy (non-hydrogen) atoms. The molecule has 0 N–H and O–H groups in total. The first-order valence-electron chi connectivity index (χ1n) is 15.5. The van der Waals surface area contributed by atoms with E-state index in [4.69, 9.17) is 0 Å². The zero-order valence-electron chi connectivity index (χ0n) is 22.1. The van der Waals surface area contributed by atoms with Crippen LogP contribution in [0.25, 0.3) is 0 Å². The van der Waals surface area contributed by atoms with Crippen LogP contribution in [0.4, 0.5) is 0 Å². The molecule has 10 heterocycles. The van der Waals surface area contributed by atoms with E-state index >= 15 is 0 Å². The third kappa shape index (κ3) is 0.484. The van der Waals surface area contributed by atoms with Crippen molar-refractivity contribution in [3.05, 3.63) is 0 Å². The maximum absolute atomic E-state index is 3.02. The normalized spacial score (nSPS) is 69.9. The molecule has 0 radical (unpaired) electrons. The summed E-state index contributed by atoms with van der Waals surface area (Å²) in [7, 11) is 0.782. The van der Waals surface area contributed by atoms with Gasteiger partial charge in [-0.3, -0.25) is 0 Å². The fourth-order valence-corrected chi connectivity index (χ4v) is 116. The Labute approximate surface area is 198 Å². The van der Waals surface area contributed by atoms with Crippen molar-refractivity contribution in [2.24, 2.45) is 0 Å². The molecule has 0 aromatic rings. The van der Waals surface area contributed by atoms with Gasteiger partial charge in [-0.1, -0.05) is 0 Å². The molecule has 192 valence electrons. The van der Waals surface area contributed by atoms with E-state index in [1.54, 1.807) is 76.0 Å². The summed E-state index contributed by atoms with van der Waals surface area (Å²) < 4.78 is 2.41. The third-order valence-corrected chi connectivity index (χ3v) is 71.0. The molecule has 0 amide bonds. The van der Waals surface area contributed by atoms with Gasteiger partial charge in [0, 0.05) is 0 Å². The first-order valence-corrected chi connectivity index (χ1v) is 24.5. The zero-order chi connectivity index (χ0) is 22.4. The second-order valence-electron chi connectivity index (χ2n) is 15.7. The zero-order valence-corrected chi connectivity index (χ0v) is 24.9. The SMILES string of the molecule is CCCCCP(CCCCC)[C]12[CH]3[CH]4[CH]5[C]1(P(CCCCC)CCCCC)[Ni]43521678[CH]2[CH]1[CH]6[CH]7[CH]28. The topological polar surface area (TPSA) is 0 Å². The third-order valence-electron chi connectivity index (χ3n) is 18.3. The molecular weight excluding hydrogens is 481 g/mol.